The maximum atomic E-state index is 11.2. The van der Waals surface area contributed by atoms with Crippen LogP contribution in [0.25, 0.3) is 0 Å². The smallest absolute Gasteiger partial charge is 0.161 e. The van der Waals surface area contributed by atoms with Crippen molar-refractivity contribution in [3.05, 3.63) is 24.3 Å². The van der Waals surface area contributed by atoms with E-state index in [1.54, 1.807) is 0 Å². The van der Waals surface area contributed by atoms with Crippen LogP contribution in [0.5, 0.6) is 11.5 Å². The lowest BCUT2D eigenvalue weighted by atomic mass is 10.2. The van der Waals surface area contributed by atoms with Gasteiger partial charge in [0.1, 0.15) is 22.5 Å². The van der Waals surface area contributed by atoms with Crippen molar-refractivity contribution in [2.24, 2.45) is 0 Å². The third-order valence-corrected chi connectivity index (χ3v) is 4.18. The van der Waals surface area contributed by atoms with E-state index in [-0.39, 0.29) is 11.9 Å². The molecule has 5 nitrogen and oxygen atoms in total. The molecule has 0 bridgehead atoms. The van der Waals surface area contributed by atoms with Crippen LogP contribution in [-0.2, 0) is 9.84 Å². The fourth-order valence-corrected chi connectivity index (χ4v) is 2.70. The zero-order valence-electron chi connectivity index (χ0n) is 11.9. The van der Waals surface area contributed by atoms with E-state index in [0.29, 0.717) is 19.7 Å². The topological polar surface area (TPSA) is 55.8 Å². The molecule has 2 rings (SSSR count). The molecule has 0 fully saturated rings. The number of nitrogens with zero attached hydrogens (tertiary/aromatic N) is 1. The van der Waals surface area contributed by atoms with Crippen molar-refractivity contribution in [2.45, 2.75) is 13.0 Å². The highest BCUT2D eigenvalue weighted by molar-refractivity contribution is 7.90. The monoisotopic (exact) mass is 299 g/mol. The van der Waals surface area contributed by atoms with Crippen LogP contribution in [0.2, 0.25) is 0 Å². The molecule has 1 atom stereocenters. The van der Waals surface area contributed by atoms with Crippen LogP contribution in [-0.4, -0.2) is 57.7 Å². The summed E-state index contributed by atoms with van der Waals surface area (Å²) >= 11 is 0. The van der Waals surface area contributed by atoms with E-state index in [1.165, 1.54) is 6.26 Å². The summed E-state index contributed by atoms with van der Waals surface area (Å²) in [5, 5.41) is 0. The molecule has 1 unspecified atom stereocenters. The number of benzene rings is 1. The Labute approximate surface area is 120 Å². The number of likely N-dealkylation sites (N-methyl/N-ethyl adjacent to an activating group) is 1. The van der Waals surface area contributed by atoms with Gasteiger partial charge in [-0.15, -0.1) is 0 Å². The van der Waals surface area contributed by atoms with Crippen LogP contribution in [0.1, 0.15) is 6.92 Å². The molecule has 0 saturated carbocycles. The van der Waals surface area contributed by atoms with Crippen LogP contribution in [0.3, 0.4) is 0 Å². The third kappa shape index (κ3) is 4.38. The van der Waals surface area contributed by atoms with Gasteiger partial charge >= 0.3 is 0 Å². The zero-order valence-corrected chi connectivity index (χ0v) is 12.7. The Balaban J connectivity index is 1.90. The molecule has 0 saturated heterocycles. The lowest BCUT2D eigenvalue weighted by Gasteiger charge is -2.30. The zero-order chi connectivity index (χ0) is 14.6. The van der Waals surface area contributed by atoms with E-state index in [9.17, 15) is 8.42 Å². The van der Waals surface area contributed by atoms with Crippen molar-refractivity contribution in [3.8, 4) is 11.5 Å². The molecule has 6 heteroatoms. The molecule has 0 amide bonds. The van der Waals surface area contributed by atoms with E-state index in [1.807, 2.05) is 31.2 Å². The Kier molecular flexibility index (Phi) is 4.88. The van der Waals surface area contributed by atoms with Gasteiger partial charge in [0, 0.05) is 19.3 Å². The van der Waals surface area contributed by atoms with Crippen molar-refractivity contribution >= 4 is 9.84 Å². The Morgan fingerprint density at radius 2 is 2.00 bits per heavy atom. The largest absolute Gasteiger partial charge is 0.486 e. The van der Waals surface area contributed by atoms with Crippen molar-refractivity contribution in [3.63, 3.8) is 0 Å². The summed E-state index contributed by atoms with van der Waals surface area (Å²) in [6.07, 6.45) is 1.20. The summed E-state index contributed by atoms with van der Waals surface area (Å²) in [6.45, 7) is 4.49. The number of fused-ring (bicyclic) bond motifs is 1. The highest BCUT2D eigenvalue weighted by atomic mass is 32.2. The standard InChI is InChI=1S/C14H21NO4S/c1-3-15(8-9-20(2,16)17)10-12-11-18-13-6-4-5-7-14(13)19-12/h4-7,12H,3,8-11H2,1-2H3. The van der Waals surface area contributed by atoms with Crippen LogP contribution >= 0.6 is 0 Å². The summed E-state index contributed by atoms with van der Waals surface area (Å²) in [6, 6.07) is 7.58. The number of hydrogen-bond acceptors (Lipinski definition) is 5. The van der Waals surface area contributed by atoms with Gasteiger partial charge in [0.2, 0.25) is 0 Å². The molecule has 20 heavy (non-hydrogen) atoms. The maximum Gasteiger partial charge on any atom is 0.161 e. The van der Waals surface area contributed by atoms with Gasteiger partial charge in [-0.05, 0) is 18.7 Å². The molecular weight excluding hydrogens is 278 g/mol. The summed E-state index contributed by atoms with van der Waals surface area (Å²) in [4.78, 5) is 2.07. The first-order valence-electron chi connectivity index (χ1n) is 6.76. The average Bonchev–Trinajstić information content (AvgIpc) is 2.42. The molecule has 0 spiro atoms. The quantitative estimate of drug-likeness (QED) is 0.790. The molecule has 112 valence electrons. The van der Waals surface area contributed by atoms with E-state index in [0.717, 1.165) is 18.0 Å². The summed E-state index contributed by atoms with van der Waals surface area (Å²) < 4.78 is 34.0. The first-order chi connectivity index (χ1) is 9.48. The van der Waals surface area contributed by atoms with Gasteiger partial charge in [-0.3, -0.25) is 4.90 Å². The van der Waals surface area contributed by atoms with Gasteiger partial charge in [-0.2, -0.15) is 0 Å². The first-order valence-corrected chi connectivity index (χ1v) is 8.82. The normalized spacial score (nSPS) is 18.2. The third-order valence-electron chi connectivity index (χ3n) is 3.25. The molecule has 1 heterocycles. The minimum absolute atomic E-state index is 0.0654. The van der Waals surface area contributed by atoms with Crippen LogP contribution < -0.4 is 9.47 Å². The van der Waals surface area contributed by atoms with Gasteiger partial charge in [-0.25, -0.2) is 8.42 Å². The van der Waals surface area contributed by atoms with Crippen molar-refractivity contribution in [1.29, 1.82) is 0 Å². The SMILES string of the molecule is CCN(CCS(C)(=O)=O)CC1COc2ccccc2O1. The second-order valence-electron chi connectivity index (χ2n) is 5.02. The van der Waals surface area contributed by atoms with Crippen LogP contribution in [0, 0.1) is 0 Å². The van der Waals surface area contributed by atoms with Crippen molar-refractivity contribution in [1.82, 2.24) is 4.90 Å². The van der Waals surface area contributed by atoms with Crippen LogP contribution in [0.15, 0.2) is 24.3 Å². The molecule has 1 aliphatic rings. The number of ether oxygens (including phenoxy) is 2. The second-order valence-corrected chi connectivity index (χ2v) is 7.28. The summed E-state index contributed by atoms with van der Waals surface area (Å²) in [5.41, 5.74) is 0. The van der Waals surface area contributed by atoms with E-state index < -0.39 is 9.84 Å². The predicted octanol–water partition coefficient (Wildman–Crippen LogP) is 1.19. The lowest BCUT2D eigenvalue weighted by molar-refractivity contribution is 0.0617. The second kappa shape index (κ2) is 6.45. The van der Waals surface area contributed by atoms with Gasteiger partial charge in [0.25, 0.3) is 0 Å². The molecular formula is C14H21NO4S. The molecule has 0 aliphatic carbocycles. The van der Waals surface area contributed by atoms with Gasteiger partial charge in [0.05, 0.1) is 5.75 Å². The van der Waals surface area contributed by atoms with Crippen molar-refractivity contribution in [2.75, 3.05) is 38.2 Å². The van der Waals surface area contributed by atoms with Gasteiger partial charge < -0.3 is 9.47 Å². The van der Waals surface area contributed by atoms with E-state index in [2.05, 4.69) is 4.90 Å². The van der Waals surface area contributed by atoms with E-state index >= 15 is 0 Å². The Hall–Kier alpha value is -1.27. The Morgan fingerprint density at radius 3 is 2.65 bits per heavy atom. The van der Waals surface area contributed by atoms with E-state index in [4.69, 9.17) is 9.47 Å². The number of para-hydroxylation sites is 2. The minimum atomic E-state index is -2.93. The fourth-order valence-electron chi connectivity index (χ4n) is 2.11. The molecule has 1 aliphatic heterocycles. The Morgan fingerprint density at radius 1 is 1.30 bits per heavy atom. The van der Waals surface area contributed by atoms with Crippen molar-refractivity contribution < 1.29 is 17.9 Å². The summed E-state index contributed by atoms with van der Waals surface area (Å²) in [5.74, 6) is 1.69. The van der Waals surface area contributed by atoms with Crippen LogP contribution in [0.4, 0.5) is 0 Å². The highest BCUT2D eigenvalue weighted by Crippen LogP contribution is 2.30. The lowest BCUT2D eigenvalue weighted by Crippen LogP contribution is -2.42. The predicted molar refractivity (Wildman–Crippen MR) is 78.2 cm³/mol. The number of rotatable bonds is 6. The first kappa shape index (κ1) is 15.1. The van der Waals surface area contributed by atoms with Gasteiger partial charge in [-0.1, -0.05) is 19.1 Å². The molecule has 0 radical (unpaired) electrons. The average molecular weight is 299 g/mol. The fraction of sp³-hybridized carbons (Fsp3) is 0.571. The van der Waals surface area contributed by atoms with Gasteiger partial charge in [0.15, 0.2) is 11.5 Å². The molecule has 0 N–H and O–H groups in total. The Bertz CT molecular complexity index is 544. The molecule has 0 aromatic heterocycles. The number of hydrogen-bond donors (Lipinski definition) is 0. The number of sulfone groups is 1. The summed E-state index contributed by atoms with van der Waals surface area (Å²) in [7, 11) is -2.93. The minimum Gasteiger partial charge on any atom is -0.486 e. The highest BCUT2D eigenvalue weighted by Gasteiger charge is 2.22. The molecule has 1 aromatic carbocycles. The molecule has 1 aromatic rings. The maximum absolute atomic E-state index is 11.2.